The topological polar surface area (TPSA) is 60.0 Å². The van der Waals surface area contributed by atoms with Crippen LogP contribution in [0.3, 0.4) is 0 Å². The van der Waals surface area contributed by atoms with Crippen molar-refractivity contribution in [2.45, 2.75) is 38.5 Å². The number of amides is 1. The molecule has 3 rings (SSSR count). The van der Waals surface area contributed by atoms with Crippen LogP contribution in [0.15, 0.2) is 24.3 Å². The Morgan fingerprint density at radius 3 is 2.78 bits per heavy atom. The molecule has 1 aromatic rings. The molecule has 0 aromatic heterocycles. The largest absolute Gasteiger partial charge is 0.486 e. The Morgan fingerprint density at radius 2 is 2.04 bits per heavy atom. The number of fused-ring (bicyclic) bond motifs is 1. The maximum absolute atomic E-state index is 12.5. The van der Waals surface area contributed by atoms with Gasteiger partial charge in [0.1, 0.15) is 12.2 Å². The smallest absolute Gasteiger partial charge is 0.410 e. The minimum Gasteiger partial charge on any atom is -0.486 e. The second-order valence-corrected chi connectivity index (χ2v) is 6.86. The molecule has 0 radical (unpaired) electrons. The predicted molar refractivity (Wildman–Crippen MR) is 86.0 cm³/mol. The summed E-state index contributed by atoms with van der Waals surface area (Å²) in [6.07, 6.45) is -0.517. The fraction of sp³-hybridized carbons (Fsp3) is 0.588. The summed E-state index contributed by atoms with van der Waals surface area (Å²) in [4.78, 5) is 14.2. The standard InChI is InChI=1S/C17H24N2O4/c1-17(2,3)23-16(20)19-9-8-18-10-12(19)15-11-21-13-6-4-5-7-14(13)22-15/h4-7,12,15,18H,8-11H2,1-3H3. The van der Waals surface area contributed by atoms with Crippen molar-refractivity contribution in [1.82, 2.24) is 10.2 Å². The molecular weight excluding hydrogens is 296 g/mol. The van der Waals surface area contributed by atoms with Crippen molar-refractivity contribution < 1.29 is 19.0 Å². The van der Waals surface area contributed by atoms with Crippen molar-refractivity contribution in [2.75, 3.05) is 26.2 Å². The van der Waals surface area contributed by atoms with Crippen molar-refractivity contribution in [3.63, 3.8) is 0 Å². The third kappa shape index (κ3) is 3.69. The van der Waals surface area contributed by atoms with Gasteiger partial charge in [0.2, 0.25) is 0 Å². The number of ether oxygens (including phenoxy) is 3. The molecule has 2 aliphatic rings. The molecule has 23 heavy (non-hydrogen) atoms. The van der Waals surface area contributed by atoms with Gasteiger partial charge in [-0.2, -0.15) is 0 Å². The first-order valence-electron chi connectivity index (χ1n) is 8.03. The molecule has 1 fully saturated rings. The molecule has 1 amide bonds. The van der Waals surface area contributed by atoms with E-state index in [0.29, 0.717) is 19.7 Å². The molecule has 6 nitrogen and oxygen atoms in total. The molecule has 2 unspecified atom stereocenters. The van der Waals surface area contributed by atoms with E-state index in [4.69, 9.17) is 14.2 Å². The van der Waals surface area contributed by atoms with E-state index in [9.17, 15) is 4.79 Å². The Kier molecular flexibility index (Phi) is 4.35. The number of rotatable bonds is 1. The number of piperazine rings is 1. The Morgan fingerprint density at radius 1 is 1.30 bits per heavy atom. The van der Waals surface area contributed by atoms with Crippen molar-refractivity contribution in [3.8, 4) is 11.5 Å². The van der Waals surface area contributed by atoms with Crippen molar-refractivity contribution in [3.05, 3.63) is 24.3 Å². The molecule has 1 saturated heterocycles. The summed E-state index contributed by atoms with van der Waals surface area (Å²) in [5, 5.41) is 3.32. The van der Waals surface area contributed by atoms with Crippen LogP contribution in [0.4, 0.5) is 4.79 Å². The van der Waals surface area contributed by atoms with Gasteiger partial charge in [0.05, 0.1) is 6.04 Å². The van der Waals surface area contributed by atoms with E-state index in [2.05, 4.69) is 5.32 Å². The van der Waals surface area contributed by atoms with Crippen LogP contribution in [0, 0.1) is 0 Å². The van der Waals surface area contributed by atoms with Crippen molar-refractivity contribution in [2.24, 2.45) is 0 Å². The average Bonchev–Trinajstić information content (AvgIpc) is 2.53. The van der Waals surface area contributed by atoms with E-state index >= 15 is 0 Å². The van der Waals surface area contributed by atoms with E-state index in [1.165, 1.54) is 0 Å². The minimum absolute atomic E-state index is 0.119. The number of nitrogens with one attached hydrogen (secondary N) is 1. The number of nitrogens with zero attached hydrogens (tertiary/aromatic N) is 1. The van der Waals surface area contributed by atoms with Crippen LogP contribution in [0.5, 0.6) is 11.5 Å². The summed E-state index contributed by atoms with van der Waals surface area (Å²) >= 11 is 0. The summed E-state index contributed by atoms with van der Waals surface area (Å²) in [6, 6.07) is 7.48. The highest BCUT2D eigenvalue weighted by molar-refractivity contribution is 5.69. The molecule has 0 spiro atoms. The number of para-hydroxylation sites is 2. The highest BCUT2D eigenvalue weighted by Gasteiger charge is 2.38. The van der Waals surface area contributed by atoms with Gasteiger partial charge in [-0.1, -0.05) is 12.1 Å². The molecule has 1 aromatic carbocycles. The molecular formula is C17H24N2O4. The lowest BCUT2D eigenvalue weighted by Gasteiger charge is -2.41. The van der Waals surface area contributed by atoms with E-state index in [1.807, 2.05) is 45.0 Å². The fourth-order valence-electron chi connectivity index (χ4n) is 2.83. The average molecular weight is 320 g/mol. The number of benzene rings is 1. The second kappa shape index (κ2) is 6.28. The number of carbonyl (C=O) groups is 1. The van der Waals surface area contributed by atoms with Gasteiger partial charge in [-0.25, -0.2) is 4.79 Å². The van der Waals surface area contributed by atoms with Crippen LogP contribution in [-0.2, 0) is 4.74 Å². The van der Waals surface area contributed by atoms with Crippen LogP contribution in [0.1, 0.15) is 20.8 Å². The van der Waals surface area contributed by atoms with Crippen LogP contribution in [0.2, 0.25) is 0 Å². The normalized spacial score (nSPS) is 24.2. The Balaban J connectivity index is 1.73. The monoisotopic (exact) mass is 320 g/mol. The lowest BCUT2D eigenvalue weighted by molar-refractivity contribution is -0.0225. The van der Waals surface area contributed by atoms with E-state index in [0.717, 1.165) is 18.0 Å². The summed E-state index contributed by atoms with van der Waals surface area (Å²) < 4.78 is 17.4. The number of hydrogen-bond acceptors (Lipinski definition) is 5. The molecule has 6 heteroatoms. The zero-order chi connectivity index (χ0) is 16.4. The molecule has 126 valence electrons. The van der Waals surface area contributed by atoms with Gasteiger partial charge >= 0.3 is 6.09 Å². The van der Waals surface area contributed by atoms with Gasteiger partial charge in [0, 0.05) is 19.6 Å². The first kappa shape index (κ1) is 15.9. The maximum Gasteiger partial charge on any atom is 0.410 e. The van der Waals surface area contributed by atoms with Gasteiger partial charge in [0.15, 0.2) is 17.6 Å². The number of carbonyl (C=O) groups excluding carboxylic acids is 1. The lowest BCUT2D eigenvalue weighted by atomic mass is 10.1. The quantitative estimate of drug-likeness (QED) is 0.858. The van der Waals surface area contributed by atoms with Gasteiger partial charge in [-0.3, -0.25) is 4.90 Å². The first-order chi connectivity index (χ1) is 10.9. The summed E-state index contributed by atoms with van der Waals surface area (Å²) in [5.41, 5.74) is -0.511. The third-order valence-corrected chi connectivity index (χ3v) is 3.87. The minimum atomic E-state index is -0.511. The molecule has 2 heterocycles. The van der Waals surface area contributed by atoms with Gasteiger partial charge in [0.25, 0.3) is 0 Å². The Labute approximate surface area is 136 Å². The third-order valence-electron chi connectivity index (χ3n) is 3.87. The van der Waals surface area contributed by atoms with Crippen LogP contribution in [0.25, 0.3) is 0 Å². The Bertz CT molecular complexity index is 570. The van der Waals surface area contributed by atoms with E-state index in [-0.39, 0.29) is 18.2 Å². The summed E-state index contributed by atoms with van der Waals surface area (Å²) in [7, 11) is 0. The molecule has 1 N–H and O–H groups in total. The van der Waals surface area contributed by atoms with Gasteiger partial charge in [-0.05, 0) is 32.9 Å². The Hall–Kier alpha value is -1.95. The molecule has 0 aliphatic carbocycles. The highest BCUT2D eigenvalue weighted by Crippen LogP contribution is 2.32. The number of hydrogen-bond donors (Lipinski definition) is 1. The second-order valence-electron chi connectivity index (χ2n) is 6.86. The van der Waals surface area contributed by atoms with Crippen molar-refractivity contribution in [1.29, 1.82) is 0 Å². The van der Waals surface area contributed by atoms with E-state index in [1.54, 1.807) is 4.90 Å². The molecule has 0 saturated carbocycles. The maximum atomic E-state index is 12.5. The summed E-state index contributed by atoms with van der Waals surface area (Å²) in [6.45, 7) is 8.05. The fourth-order valence-corrected chi connectivity index (χ4v) is 2.83. The summed E-state index contributed by atoms with van der Waals surface area (Å²) in [5.74, 6) is 1.47. The van der Waals surface area contributed by atoms with Gasteiger partial charge < -0.3 is 19.5 Å². The van der Waals surface area contributed by atoms with Gasteiger partial charge in [-0.15, -0.1) is 0 Å². The molecule has 0 bridgehead atoms. The predicted octanol–water partition coefficient (Wildman–Crippen LogP) is 2.04. The highest BCUT2D eigenvalue weighted by atomic mass is 16.6. The SMILES string of the molecule is CC(C)(C)OC(=O)N1CCNCC1C1COc2ccccc2O1. The molecule has 2 atom stereocenters. The zero-order valence-electron chi connectivity index (χ0n) is 13.9. The first-order valence-corrected chi connectivity index (χ1v) is 8.03. The van der Waals surface area contributed by atoms with Crippen LogP contribution in [-0.4, -0.2) is 55.0 Å². The van der Waals surface area contributed by atoms with E-state index < -0.39 is 5.60 Å². The lowest BCUT2D eigenvalue weighted by Crippen LogP contribution is -2.61. The van der Waals surface area contributed by atoms with Crippen LogP contribution < -0.4 is 14.8 Å². The zero-order valence-corrected chi connectivity index (χ0v) is 13.9. The van der Waals surface area contributed by atoms with Crippen molar-refractivity contribution >= 4 is 6.09 Å². The van der Waals surface area contributed by atoms with Crippen LogP contribution >= 0.6 is 0 Å². The molecule has 2 aliphatic heterocycles.